The second-order valence-electron chi connectivity index (χ2n) is 7.57. The Labute approximate surface area is 142 Å². The quantitative estimate of drug-likeness (QED) is 0.542. The lowest BCUT2D eigenvalue weighted by Gasteiger charge is -2.50. The van der Waals surface area contributed by atoms with Crippen LogP contribution < -0.4 is 0 Å². The molecule has 2 aliphatic carbocycles. The molecule has 3 rings (SSSR count). The standard InChI is InChI=1S/C17H30O7/c1-22-13-5-9(18)6-14-10(13)7-12(20)17(24-14)8-3-11(19)16(21)15(4-8)23-2/h8-21H,3-7H2,1-2H3. The number of hydrogen-bond donors (Lipinski definition) is 4. The van der Waals surface area contributed by atoms with Crippen LogP contribution in [0.15, 0.2) is 0 Å². The van der Waals surface area contributed by atoms with Crippen molar-refractivity contribution in [2.24, 2.45) is 11.8 Å². The van der Waals surface area contributed by atoms with Crippen molar-refractivity contribution >= 4 is 0 Å². The largest absolute Gasteiger partial charge is 0.393 e. The highest BCUT2D eigenvalue weighted by molar-refractivity contribution is 4.99. The molecule has 0 aromatic carbocycles. The van der Waals surface area contributed by atoms with Crippen molar-refractivity contribution in [3.63, 3.8) is 0 Å². The van der Waals surface area contributed by atoms with Gasteiger partial charge in [0.15, 0.2) is 0 Å². The fourth-order valence-corrected chi connectivity index (χ4v) is 4.82. The van der Waals surface area contributed by atoms with Crippen LogP contribution in [0.25, 0.3) is 0 Å². The summed E-state index contributed by atoms with van der Waals surface area (Å²) in [6, 6.07) is 0. The molecule has 2 saturated carbocycles. The third kappa shape index (κ3) is 3.49. The molecule has 24 heavy (non-hydrogen) atoms. The zero-order valence-corrected chi connectivity index (χ0v) is 14.3. The van der Waals surface area contributed by atoms with Gasteiger partial charge in [-0.1, -0.05) is 0 Å². The van der Waals surface area contributed by atoms with E-state index in [4.69, 9.17) is 14.2 Å². The lowest BCUT2D eigenvalue weighted by atomic mass is 9.72. The third-order valence-corrected chi connectivity index (χ3v) is 6.11. The van der Waals surface area contributed by atoms with Gasteiger partial charge in [-0.3, -0.25) is 0 Å². The molecule has 0 bridgehead atoms. The van der Waals surface area contributed by atoms with E-state index in [1.165, 1.54) is 7.11 Å². The Balaban J connectivity index is 1.71. The average Bonchev–Trinajstić information content (AvgIpc) is 2.56. The van der Waals surface area contributed by atoms with E-state index in [0.717, 1.165) is 0 Å². The fourth-order valence-electron chi connectivity index (χ4n) is 4.82. The zero-order chi connectivity index (χ0) is 17.4. The van der Waals surface area contributed by atoms with Crippen molar-refractivity contribution in [3.05, 3.63) is 0 Å². The van der Waals surface area contributed by atoms with Crippen LogP contribution in [0.3, 0.4) is 0 Å². The Bertz CT molecular complexity index is 420. The third-order valence-electron chi connectivity index (χ3n) is 6.11. The van der Waals surface area contributed by atoms with Crippen LogP contribution in [-0.2, 0) is 14.2 Å². The van der Waals surface area contributed by atoms with Crippen LogP contribution in [0.4, 0.5) is 0 Å². The van der Waals surface area contributed by atoms with Crippen LogP contribution in [-0.4, -0.2) is 83.5 Å². The molecule has 0 aromatic heterocycles. The second kappa shape index (κ2) is 7.53. The van der Waals surface area contributed by atoms with Gasteiger partial charge >= 0.3 is 0 Å². The number of aliphatic hydroxyl groups excluding tert-OH is 4. The van der Waals surface area contributed by atoms with Gasteiger partial charge < -0.3 is 34.6 Å². The van der Waals surface area contributed by atoms with Gasteiger partial charge in [-0.15, -0.1) is 0 Å². The summed E-state index contributed by atoms with van der Waals surface area (Å²) in [6.07, 6.45) is -1.48. The molecule has 0 aromatic rings. The number of fused-ring (bicyclic) bond motifs is 1. The summed E-state index contributed by atoms with van der Waals surface area (Å²) in [5, 5.41) is 40.8. The first kappa shape index (κ1) is 18.5. The molecule has 0 spiro atoms. The van der Waals surface area contributed by atoms with Gasteiger partial charge in [-0.05, 0) is 38.0 Å². The molecule has 10 unspecified atom stereocenters. The van der Waals surface area contributed by atoms with Crippen molar-refractivity contribution in [1.82, 2.24) is 0 Å². The number of ether oxygens (including phenoxy) is 3. The summed E-state index contributed by atoms with van der Waals surface area (Å²) in [7, 11) is 3.14. The molecule has 3 aliphatic rings. The summed E-state index contributed by atoms with van der Waals surface area (Å²) in [5.74, 6) is -0.0219. The van der Waals surface area contributed by atoms with E-state index < -0.39 is 36.6 Å². The van der Waals surface area contributed by atoms with Crippen molar-refractivity contribution < 1.29 is 34.6 Å². The van der Waals surface area contributed by atoms with Crippen LogP contribution in [0.1, 0.15) is 32.1 Å². The van der Waals surface area contributed by atoms with Crippen molar-refractivity contribution in [2.45, 2.75) is 80.9 Å². The highest BCUT2D eigenvalue weighted by atomic mass is 16.5. The summed E-state index contributed by atoms with van der Waals surface area (Å²) in [6.45, 7) is 0. The number of methoxy groups -OCH3 is 2. The molecule has 1 saturated heterocycles. The highest BCUT2D eigenvalue weighted by Gasteiger charge is 2.49. The predicted molar refractivity (Wildman–Crippen MR) is 84.3 cm³/mol. The molecule has 7 heteroatoms. The maximum atomic E-state index is 10.6. The van der Waals surface area contributed by atoms with Gasteiger partial charge in [-0.2, -0.15) is 0 Å². The first-order valence-electron chi connectivity index (χ1n) is 8.87. The molecule has 1 heterocycles. The molecule has 140 valence electrons. The normalized spacial score (nSPS) is 52.8. The molecule has 7 nitrogen and oxygen atoms in total. The Morgan fingerprint density at radius 3 is 2.17 bits per heavy atom. The molecule has 0 radical (unpaired) electrons. The van der Waals surface area contributed by atoms with Gasteiger partial charge in [0.25, 0.3) is 0 Å². The smallest absolute Gasteiger partial charge is 0.106 e. The van der Waals surface area contributed by atoms with E-state index in [9.17, 15) is 20.4 Å². The minimum Gasteiger partial charge on any atom is -0.393 e. The number of hydrogen-bond acceptors (Lipinski definition) is 7. The van der Waals surface area contributed by atoms with Crippen LogP contribution in [0.2, 0.25) is 0 Å². The number of rotatable bonds is 3. The summed E-state index contributed by atoms with van der Waals surface area (Å²) in [5.41, 5.74) is 0. The van der Waals surface area contributed by atoms with E-state index in [1.54, 1.807) is 7.11 Å². The van der Waals surface area contributed by atoms with E-state index >= 15 is 0 Å². The maximum Gasteiger partial charge on any atom is 0.106 e. The summed E-state index contributed by atoms with van der Waals surface area (Å²) < 4.78 is 16.9. The summed E-state index contributed by atoms with van der Waals surface area (Å²) >= 11 is 0. The van der Waals surface area contributed by atoms with Crippen LogP contribution >= 0.6 is 0 Å². The predicted octanol–water partition coefficient (Wildman–Crippen LogP) is -0.562. The van der Waals surface area contributed by atoms with E-state index in [-0.39, 0.29) is 24.0 Å². The Morgan fingerprint density at radius 2 is 1.50 bits per heavy atom. The van der Waals surface area contributed by atoms with Crippen LogP contribution in [0.5, 0.6) is 0 Å². The molecule has 4 N–H and O–H groups in total. The van der Waals surface area contributed by atoms with Gasteiger partial charge in [0.1, 0.15) is 6.10 Å². The maximum absolute atomic E-state index is 10.6. The lowest BCUT2D eigenvalue weighted by Crippen LogP contribution is -2.57. The topological polar surface area (TPSA) is 109 Å². The SMILES string of the molecule is COC1CC(C2OC3CC(O)CC(OC)C3CC2O)CC(O)C1O. The van der Waals surface area contributed by atoms with E-state index in [2.05, 4.69) is 0 Å². The first-order chi connectivity index (χ1) is 11.4. The number of aliphatic hydroxyl groups is 4. The molecule has 1 aliphatic heterocycles. The van der Waals surface area contributed by atoms with E-state index in [1.807, 2.05) is 0 Å². The Morgan fingerprint density at radius 1 is 0.792 bits per heavy atom. The van der Waals surface area contributed by atoms with E-state index in [0.29, 0.717) is 32.1 Å². The molecule has 10 atom stereocenters. The van der Waals surface area contributed by atoms with Gasteiger partial charge in [0, 0.05) is 20.1 Å². The monoisotopic (exact) mass is 346 g/mol. The zero-order valence-electron chi connectivity index (χ0n) is 14.3. The molecule has 0 amide bonds. The van der Waals surface area contributed by atoms with Crippen molar-refractivity contribution in [2.75, 3.05) is 14.2 Å². The van der Waals surface area contributed by atoms with Crippen molar-refractivity contribution in [1.29, 1.82) is 0 Å². The minimum absolute atomic E-state index is 0.0713. The Kier molecular flexibility index (Phi) is 5.81. The summed E-state index contributed by atoms with van der Waals surface area (Å²) in [4.78, 5) is 0. The highest BCUT2D eigenvalue weighted by Crippen LogP contribution is 2.42. The fraction of sp³-hybridized carbons (Fsp3) is 1.00. The molecule has 3 fully saturated rings. The van der Waals surface area contributed by atoms with Gasteiger partial charge in [0.05, 0.1) is 42.7 Å². The molecular weight excluding hydrogens is 316 g/mol. The van der Waals surface area contributed by atoms with Gasteiger partial charge in [-0.25, -0.2) is 0 Å². The van der Waals surface area contributed by atoms with Gasteiger partial charge in [0.2, 0.25) is 0 Å². The average molecular weight is 346 g/mol. The Hall–Kier alpha value is -0.280. The second-order valence-corrected chi connectivity index (χ2v) is 7.57. The molecular formula is C17H30O7. The van der Waals surface area contributed by atoms with Crippen molar-refractivity contribution in [3.8, 4) is 0 Å². The first-order valence-corrected chi connectivity index (χ1v) is 8.87. The lowest BCUT2D eigenvalue weighted by molar-refractivity contribution is -0.225. The van der Waals surface area contributed by atoms with Crippen LogP contribution in [0, 0.1) is 11.8 Å². The minimum atomic E-state index is -0.908.